The van der Waals surface area contributed by atoms with Crippen LogP contribution in [0.3, 0.4) is 0 Å². The maximum absolute atomic E-state index is 13.7. The van der Waals surface area contributed by atoms with Gasteiger partial charge >= 0.3 is 0 Å². The lowest BCUT2D eigenvalue weighted by atomic mass is 10.1. The number of unbranched alkanes of at least 4 members (excludes halogenated alkanes) is 9. The predicted molar refractivity (Wildman–Crippen MR) is 99.7 cm³/mol. The molecule has 0 atom stereocenters. The van der Waals surface area contributed by atoms with E-state index in [1.165, 1.54) is 69.9 Å². The average molecular weight is 444 g/mol. The molecule has 0 bridgehead atoms. The van der Waals surface area contributed by atoms with Crippen molar-refractivity contribution >= 4 is 0 Å². The summed E-state index contributed by atoms with van der Waals surface area (Å²) in [5, 5.41) is 4.26. The zero-order valence-electron chi connectivity index (χ0n) is 16.3. The van der Waals surface area contributed by atoms with Crippen LogP contribution < -0.4 is 21.5 Å². The third kappa shape index (κ3) is 9.45. The SMILES string of the molecule is CCCCCCCCCCCC[n+]1cnn(Cc2ccc(F)cc2F)c1.[Br-]. The lowest BCUT2D eigenvalue weighted by molar-refractivity contribution is -0.698. The Hall–Kier alpha value is -1.30. The van der Waals surface area contributed by atoms with Gasteiger partial charge in [-0.15, -0.1) is 4.68 Å². The van der Waals surface area contributed by atoms with E-state index in [4.69, 9.17) is 0 Å². The van der Waals surface area contributed by atoms with E-state index in [-0.39, 0.29) is 17.0 Å². The molecule has 0 radical (unpaired) electrons. The molecule has 1 heterocycles. The molecule has 0 N–H and O–H groups in total. The van der Waals surface area contributed by atoms with Crippen molar-refractivity contribution in [1.29, 1.82) is 0 Å². The van der Waals surface area contributed by atoms with Gasteiger partial charge in [0.1, 0.15) is 18.2 Å². The molecule has 0 spiro atoms. The van der Waals surface area contributed by atoms with Crippen LogP contribution in [0, 0.1) is 11.6 Å². The minimum atomic E-state index is -0.553. The fourth-order valence-electron chi connectivity index (χ4n) is 3.17. The number of aryl methyl sites for hydroxylation is 1. The van der Waals surface area contributed by atoms with Gasteiger partial charge in [0.2, 0.25) is 6.33 Å². The Morgan fingerprint density at radius 1 is 0.926 bits per heavy atom. The lowest BCUT2D eigenvalue weighted by Crippen LogP contribution is -3.00. The monoisotopic (exact) mass is 443 g/mol. The van der Waals surface area contributed by atoms with Crippen LogP contribution in [0.25, 0.3) is 0 Å². The molecule has 2 rings (SSSR count). The third-order valence-electron chi connectivity index (χ3n) is 4.75. The molecule has 0 aliphatic heterocycles. The Morgan fingerprint density at radius 3 is 2.19 bits per heavy atom. The summed E-state index contributed by atoms with van der Waals surface area (Å²) in [6.45, 7) is 3.50. The summed E-state index contributed by atoms with van der Waals surface area (Å²) in [6.07, 6.45) is 16.9. The maximum atomic E-state index is 13.7. The first kappa shape index (κ1) is 23.7. The molecule has 0 saturated heterocycles. The highest BCUT2D eigenvalue weighted by Gasteiger charge is 2.10. The Morgan fingerprint density at radius 2 is 1.56 bits per heavy atom. The fraction of sp³-hybridized carbons (Fsp3) is 0.619. The van der Waals surface area contributed by atoms with Gasteiger partial charge in [0.05, 0.1) is 6.54 Å². The second-order valence-corrected chi connectivity index (χ2v) is 7.10. The maximum Gasteiger partial charge on any atom is 0.265 e. The van der Waals surface area contributed by atoms with E-state index < -0.39 is 11.6 Å². The summed E-state index contributed by atoms with van der Waals surface area (Å²) < 4.78 is 30.4. The molecule has 0 aliphatic carbocycles. The highest BCUT2D eigenvalue weighted by atomic mass is 79.9. The zero-order valence-corrected chi connectivity index (χ0v) is 17.9. The van der Waals surface area contributed by atoms with Crippen LogP contribution in [-0.4, -0.2) is 9.78 Å². The minimum absolute atomic E-state index is 0. The van der Waals surface area contributed by atoms with Crippen molar-refractivity contribution in [3.63, 3.8) is 0 Å². The number of hydrogen-bond acceptors (Lipinski definition) is 1. The van der Waals surface area contributed by atoms with E-state index in [0.29, 0.717) is 12.1 Å². The Bertz CT molecular complexity index is 646. The predicted octanol–water partition coefficient (Wildman–Crippen LogP) is 2.42. The molecule has 27 heavy (non-hydrogen) atoms. The van der Waals surface area contributed by atoms with Gasteiger partial charge in [-0.3, -0.25) is 0 Å². The quantitative estimate of drug-likeness (QED) is 0.344. The largest absolute Gasteiger partial charge is 1.00 e. The summed E-state index contributed by atoms with van der Waals surface area (Å²) in [6, 6.07) is 3.66. The molecule has 0 unspecified atom stereocenters. The Kier molecular flexibility index (Phi) is 12.1. The topological polar surface area (TPSA) is 21.7 Å². The standard InChI is InChI=1S/C21H32F2N3.BrH/c1-2-3-4-5-6-7-8-9-10-11-14-25-17-24-26(18-25)16-19-12-13-20(22)15-21(19)23;/h12-13,15,17-18H,2-11,14,16H2,1H3;1H/q+1;/p-1. The van der Waals surface area contributed by atoms with Gasteiger partial charge in [0.25, 0.3) is 6.33 Å². The molecule has 0 amide bonds. The van der Waals surface area contributed by atoms with Crippen LogP contribution in [0.15, 0.2) is 30.9 Å². The molecule has 152 valence electrons. The minimum Gasteiger partial charge on any atom is -1.00 e. The van der Waals surface area contributed by atoms with Gasteiger partial charge in [-0.25, -0.2) is 13.3 Å². The molecule has 0 saturated carbocycles. The zero-order chi connectivity index (χ0) is 18.6. The second kappa shape index (κ2) is 13.8. The van der Waals surface area contributed by atoms with Crippen LogP contribution in [0.1, 0.15) is 76.7 Å². The summed E-state index contributed by atoms with van der Waals surface area (Å²) in [5.41, 5.74) is 0.445. The third-order valence-corrected chi connectivity index (χ3v) is 4.75. The van der Waals surface area contributed by atoms with Crippen LogP contribution in [0.4, 0.5) is 8.78 Å². The highest BCUT2D eigenvalue weighted by Crippen LogP contribution is 2.11. The lowest BCUT2D eigenvalue weighted by Gasteiger charge is -2.01. The van der Waals surface area contributed by atoms with Crippen LogP contribution in [0.5, 0.6) is 0 Å². The molecule has 3 nitrogen and oxygen atoms in total. The van der Waals surface area contributed by atoms with Crippen LogP contribution in [0.2, 0.25) is 0 Å². The van der Waals surface area contributed by atoms with Crippen LogP contribution in [-0.2, 0) is 13.1 Å². The van der Waals surface area contributed by atoms with Gasteiger partial charge in [-0.05, 0) is 18.6 Å². The van der Waals surface area contributed by atoms with Crippen molar-refractivity contribution in [2.75, 3.05) is 0 Å². The van der Waals surface area contributed by atoms with E-state index >= 15 is 0 Å². The smallest absolute Gasteiger partial charge is 0.265 e. The molecule has 1 aromatic carbocycles. The van der Waals surface area contributed by atoms with Crippen molar-refractivity contribution in [2.45, 2.75) is 84.2 Å². The number of aromatic nitrogens is 3. The van der Waals surface area contributed by atoms with E-state index in [1.54, 1.807) is 11.0 Å². The van der Waals surface area contributed by atoms with E-state index in [2.05, 4.69) is 12.0 Å². The normalized spacial score (nSPS) is 10.8. The van der Waals surface area contributed by atoms with Crippen molar-refractivity contribution < 1.29 is 30.3 Å². The van der Waals surface area contributed by atoms with Gasteiger partial charge in [-0.1, -0.05) is 64.7 Å². The summed E-state index contributed by atoms with van der Waals surface area (Å²) >= 11 is 0. The summed E-state index contributed by atoms with van der Waals surface area (Å²) in [7, 11) is 0. The Labute approximate surface area is 172 Å². The average Bonchev–Trinajstić information content (AvgIpc) is 3.06. The molecule has 0 aliphatic rings. The first-order valence-electron chi connectivity index (χ1n) is 10.0. The number of nitrogens with zero attached hydrogens (tertiary/aromatic N) is 3. The molecule has 2 aromatic rings. The molecular formula is C21H32BrF2N3. The molecule has 0 fully saturated rings. The molecular weight excluding hydrogens is 412 g/mol. The number of rotatable bonds is 13. The van der Waals surface area contributed by atoms with Gasteiger partial charge in [-0.2, -0.15) is 0 Å². The van der Waals surface area contributed by atoms with Crippen molar-refractivity contribution in [3.05, 3.63) is 48.1 Å². The van der Waals surface area contributed by atoms with Gasteiger partial charge in [0, 0.05) is 16.7 Å². The molecule has 1 aromatic heterocycles. The Balaban J connectivity index is 0.00000364. The molecule has 6 heteroatoms. The van der Waals surface area contributed by atoms with Crippen molar-refractivity contribution in [3.8, 4) is 0 Å². The first-order chi connectivity index (χ1) is 12.7. The summed E-state index contributed by atoms with van der Waals surface area (Å²) in [5.74, 6) is -1.08. The number of hydrogen-bond donors (Lipinski definition) is 0. The van der Waals surface area contributed by atoms with E-state index in [9.17, 15) is 8.78 Å². The summed E-state index contributed by atoms with van der Waals surface area (Å²) in [4.78, 5) is 0. The first-order valence-corrected chi connectivity index (χ1v) is 10.0. The highest BCUT2D eigenvalue weighted by molar-refractivity contribution is 5.18. The van der Waals surface area contributed by atoms with Gasteiger partial charge < -0.3 is 17.0 Å². The van der Waals surface area contributed by atoms with E-state index in [0.717, 1.165) is 19.0 Å². The second-order valence-electron chi connectivity index (χ2n) is 7.10. The van der Waals surface area contributed by atoms with Gasteiger partial charge in [0.15, 0.2) is 0 Å². The number of benzene rings is 1. The van der Waals surface area contributed by atoms with Crippen molar-refractivity contribution in [2.24, 2.45) is 0 Å². The fourth-order valence-corrected chi connectivity index (χ4v) is 3.17. The van der Waals surface area contributed by atoms with Crippen LogP contribution >= 0.6 is 0 Å². The van der Waals surface area contributed by atoms with Crippen molar-refractivity contribution in [1.82, 2.24) is 9.78 Å². The van der Waals surface area contributed by atoms with E-state index in [1.807, 2.05) is 10.9 Å². The number of halogens is 3.